The van der Waals surface area contributed by atoms with Crippen LogP contribution in [0.1, 0.15) is 53.8 Å². The van der Waals surface area contributed by atoms with Crippen LogP contribution in [-0.2, 0) is 11.2 Å². The third kappa shape index (κ3) is 6.31. The number of carbonyl (C=O) groups excluding carboxylic acids is 2. The Morgan fingerprint density at radius 1 is 1.17 bits per heavy atom. The van der Waals surface area contributed by atoms with E-state index in [0.29, 0.717) is 36.3 Å². The van der Waals surface area contributed by atoms with Crippen LogP contribution in [0.5, 0.6) is 0 Å². The Labute approximate surface area is 209 Å². The van der Waals surface area contributed by atoms with Crippen LogP contribution in [-0.4, -0.2) is 48.2 Å². The van der Waals surface area contributed by atoms with Crippen molar-refractivity contribution in [2.24, 2.45) is 0 Å². The first-order chi connectivity index (χ1) is 16.6. The number of halogens is 4. The summed E-state index contributed by atoms with van der Waals surface area (Å²) in [4.78, 5) is 28.6. The molecule has 0 spiro atoms. The third-order valence-electron chi connectivity index (χ3n) is 5.20. The minimum atomic E-state index is -1.12. The van der Waals surface area contributed by atoms with E-state index in [1.54, 1.807) is 20.8 Å². The van der Waals surface area contributed by atoms with Gasteiger partial charge in [0.15, 0.2) is 5.69 Å². The number of alkyl halides is 2. The van der Waals surface area contributed by atoms with Gasteiger partial charge < -0.3 is 10.6 Å². The van der Waals surface area contributed by atoms with E-state index in [-0.39, 0.29) is 29.1 Å². The molecule has 3 heterocycles. The van der Waals surface area contributed by atoms with Crippen molar-refractivity contribution in [1.29, 1.82) is 0 Å². The summed E-state index contributed by atoms with van der Waals surface area (Å²) in [5, 5.41) is 18.7. The maximum absolute atomic E-state index is 14.9. The lowest BCUT2D eigenvalue weighted by Gasteiger charge is -2.18. The first-order valence-corrected chi connectivity index (χ1v) is 11.6. The highest BCUT2D eigenvalue weighted by Crippen LogP contribution is 2.31. The van der Waals surface area contributed by atoms with Crippen molar-refractivity contribution in [2.75, 3.05) is 5.32 Å². The molecule has 3 aromatic heterocycles. The number of H-pyrrole nitrogens is 1. The summed E-state index contributed by atoms with van der Waals surface area (Å²) in [6.45, 7) is 4.98. The van der Waals surface area contributed by atoms with Crippen LogP contribution < -0.4 is 10.6 Å². The average Bonchev–Trinajstić information content (AvgIpc) is 3.39. The summed E-state index contributed by atoms with van der Waals surface area (Å²) in [5.41, 5.74) is 0.995. The van der Waals surface area contributed by atoms with Gasteiger partial charge in [0.25, 0.3) is 5.91 Å². The molecular weight excluding hydrogens is 507 g/mol. The van der Waals surface area contributed by atoms with E-state index in [2.05, 4.69) is 40.8 Å². The van der Waals surface area contributed by atoms with E-state index in [1.807, 2.05) is 0 Å². The number of anilines is 1. The number of nitrogens with zero attached hydrogens (tertiary/aromatic N) is 4. The molecule has 0 aliphatic carbocycles. The third-order valence-corrected chi connectivity index (χ3v) is 5.64. The van der Waals surface area contributed by atoms with Gasteiger partial charge in [-0.2, -0.15) is 9.49 Å². The molecule has 1 atom stereocenters. The van der Waals surface area contributed by atoms with Gasteiger partial charge in [-0.15, -0.1) is 23.2 Å². The molecule has 10 nitrogen and oxygen atoms in total. The summed E-state index contributed by atoms with van der Waals surface area (Å²) in [6.07, 6.45) is 1.25. The minimum absolute atomic E-state index is 0.0664. The second kappa shape index (κ2) is 11.5. The van der Waals surface area contributed by atoms with Gasteiger partial charge in [-0.05, 0) is 44.7 Å². The van der Waals surface area contributed by atoms with Crippen LogP contribution in [0.3, 0.4) is 0 Å². The van der Waals surface area contributed by atoms with E-state index in [0.717, 1.165) is 6.07 Å². The normalized spacial score (nSPS) is 12.1. The Balaban J connectivity index is 1.81. The Hall–Kier alpha value is -3.12. The largest absolute Gasteiger partial charge is 0.339 e. The molecule has 14 heteroatoms. The number of pyridine rings is 1. The molecule has 0 fully saturated rings. The summed E-state index contributed by atoms with van der Waals surface area (Å²) in [6, 6.07) is -0.215. The summed E-state index contributed by atoms with van der Waals surface area (Å²) < 4.78 is 34.2. The van der Waals surface area contributed by atoms with Gasteiger partial charge in [0.2, 0.25) is 11.9 Å². The number of carbonyl (C=O) groups is 2. The zero-order chi connectivity index (χ0) is 25.7. The average molecular weight is 530 g/mol. The van der Waals surface area contributed by atoms with Crippen LogP contribution in [0.25, 0.3) is 11.1 Å². The lowest BCUT2D eigenvalue weighted by molar-refractivity contribution is -0.118. The fourth-order valence-corrected chi connectivity index (χ4v) is 3.80. The number of nitrogens with one attached hydrogen (secondary N) is 3. The number of hydrogen-bond donors (Lipinski definition) is 3. The molecule has 0 saturated heterocycles. The van der Waals surface area contributed by atoms with E-state index in [4.69, 9.17) is 23.2 Å². The lowest BCUT2D eigenvalue weighted by atomic mass is 10.0. The Bertz CT molecular complexity index is 1170. The Morgan fingerprint density at radius 3 is 2.51 bits per heavy atom. The topological polar surface area (TPSA) is 139 Å². The van der Waals surface area contributed by atoms with Crippen molar-refractivity contribution in [3.8, 4) is 11.1 Å². The molecule has 2 amide bonds. The molecule has 3 aromatic rings. The number of hydrogen-bond acceptors (Lipinski definition) is 7. The first-order valence-electron chi connectivity index (χ1n) is 10.7. The van der Waals surface area contributed by atoms with E-state index >= 15 is 0 Å². The van der Waals surface area contributed by atoms with Crippen LogP contribution in [0.4, 0.5) is 14.6 Å². The summed E-state index contributed by atoms with van der Waals surface area (Å²) in [7, 11) is 0. The van der Waals surface area contributed by atoms with Crippen molar-refractivity contribution in [2.45, 2.75) is 57.3 Å². The number of aryl methyl sites for hydroxylation is 3. The fraction of sp³-hybridized carbons (Fsp3) is 0.429. The van der Waals surface area contributed by atoms with Crippen molar-refractivity contribution in [1.82, 2.24) is 30.8 Å². The highest BCUT2D eigenvalue weighted by atomic mass is 35.5. The fourth-order valence-electron chi connectivity index (χ4n) is 3.49. The molecule has 0 aromatic carbocycles. The molecule has 0 unspecified atom stereocenters. The second-order valence-corrected chi connectivity index (χ2v) is 8.99. The number of aromatic nitrogens is 5. The van der Waals surface area contributed by atoms with E-state index < -0.39 is 34.5 Å². The van der Waals surface area contributed by atoms with Gasteiger partial charge in [0.1, 0.15) is 28.2 Å². The van der Waals surface area contributed by atoms with Gasteiger partial charge in [-0.25, -0.2) is 14.0 Å². The van der Waals surface area contributed by atoms with Crippen LogP contribution in [0.15, 0.2) is 10.7 Å². The van der Waals surface area contributed by atoms with Crippen molar-refractivity contribution < 1.29 is 23.0 Å². The molecule has 3 N–H and O–H groups in total. The number of amides is 2. The molecule has 188 valence electrons. The van der Waals surface area contributed by atoms with Gasteiger partial charge in [0.05, 0.1) is 11.3 Å². The van der Waals surface area contributed by atoms with Crippen molar-refractivity contribution in [3.63, 3.8) is 0 Å². The van der Waals surface area contributed by atoms with Gasteiger partial charge in [0, 0.05) is 17.3 Å². The molecule has 0 aliphatic rings. The predicted molar refractivity (Wildman–Crippen MR) is 124 cm³/mol. The maximum Gasteiger partial charge on any atom is 0.276 e. The molecule has 0 aliphatic heterocycles. The van der Waals surface area contributed by atoms with Crippen LogP contribution in [0.2, 0.25) is 0 Å². The Morgan fingerprint density at radius 2 is 1.91 bits per heavy atom. The molecule has 35 heavy (non-hydrogen) atoms. The molecule has 0 saturated carbocycles. The predicted octanol–water partition coefficient (Wildman–Crippen LogP) is 4.02. The molecule has 0 radical (unpaired) electrons. The Kier molecular flexibility index (Phi) is 8.73. The molecular formula is C21H23Cl2F2N7O3. The van der Waals surface area contributed by atoms with Crippen LogP contribution in [0, 0.1) is 25.6 Å². The molecule has 3 rings (SSSR count). The minimum Gasteiger partial charge on any atom is -0.339 e. The summed E-state index contributed by atoms with van der Waals surface area (Å²) in [5.74, 6) is -3.86. The van der Waals surface area contributed by atoms with E-state index in [9.17, 15) is 18.4 Å². The number of aromatic amines is 1. The zero-order valence-corrected chi connectivity index (χ0v) is 20.6. The van der Waals surface area contributed by atoms with E-state index in [1.165, 1.54) is 0 Å². The van der Waals surface area contributed by atoms with Crippen LogP contribution >= 0.6 is 23.2 Å². The van der Waals surface area contributed by atoms with Crippen molar-refractivity contribution >= 4 is 40.8 Å². The highest BCUT2D eigenvalue weighted by molar-refractivity contribution is 6.44. The SMILES string of the molecule is CCc1nonc1C(=O)N[C@@H](CCCC(Cl)Cl)C(=O)Nc1cc(F)c(-c2c(C)n[nH]c2C)c(F)n1. The van der Waals surface area contributed by atoms with Gasteiger partial charge in [-0.1, -0.05) is 12.1 Å². The van der Waals surface area contributed by atoms with Crippen molar-refractivity contribution in [3.05, 3.63) is 40.6 Å². The first kappa shape index (κ1) is 26.5. The standard InChI is InChI=1S/C21H23Cl2F2N7O3/c1-4-12-18(32-35-31-12)21(34)26-13(6-5-7-14(22)23)20(33)28-15-8-11(24)17(19(25)27-15)16-9(2)29-30-10(16)3/h8,13-14H,4-7H2,1-3H3,(H,26,34)(H,29,30)(H,27,28,33)/t13-/m0/s1. The monoisotopic (exact) mass is 529 g/mol. The number of rotatable bonds is 10. The quantitative estimate of drug-likeness (QED) is 0.266. The molecule has 0 bridgehead atoms. The van der Waals surface area contributed by atoms with Gasteiger partial charge >= 0.3 is 0 Å². The summed E-state index contributed by atoms with van der Waals surface area (Å²) >= 11 is 11.5. The highest BCUT2D eigenvalue weighted by Gasteiger charge is 2.27. The lowest BCUT2D eigenvalue weighted by Crippen LogP contribution is -2.44. The smallest absolute Gasteiger partial charge is 0.276 e. The maximum atomic E-state index is 14.9. The van der Waals surface area contributed by atoms with Gasteiger partial charge in [-0.3, -0.25) is 14.7 Å². The second-order valence-electron chi connectivity index (χ2n) is 7.71. The zero-order valence-electron chi connectivity index (χ0n) is 19.1.